The van der Waals surface area contributed by atoms with Crippen LogP contribution in [0.25, 0.3) is 0 Å². The molecule has 13 heavy (non-hydrogen) atoms. The third-order valence-corrected chi connectivity index (χ3v) is 2.15. The van der Waals surface area contributed by atoms with Crippen LogP contribution in [-0.4, -0.2) is 36.7 Å². The van der Waals surface area contributed by atoms with Crippen molar-refractivity contribution in [2.24, 2.45) is 5.73 Å². The van der Waals surface area contributed by atoms with E-state index in [4.69, 9.17) is 10.5 Å². The zero-order valence-corrected chi connectivity index (χ0v) is 8.16. The minimum atomic E-state index is -0.211. The van der Waals surface area contributed by atoms with Crippen LogP contribution in [0.1, 0.15) is 26.2 Å². The largest absolute Gasteiger partial charge is 0.449 e. The average Bonchev–Trinajstić information content (AvgIpc) is 2.14. The number of carbonyl (C=O) groups excluding carboxylic acids is 1. The first kappa shape index (κ1) is 10.3. The van der Waals surface area contributed by atoms with E-state index in [2.05, 4.69) is 0 Å². The quantitative estimate of drug-likeness (QED) is 0.698. The molecule has 76 valence electrons. The Morgan fingerprint density at radius 2 is 2.46 bits per heavy atom. The van der Waals surface area contributed by atoms with E-state index in [0.29, 0.717) is 13.2 Å². The SMILES string of the molecule is CCCOC(=O)N1CCC[C@@H](N)C1. The summed E-state index contributed by atoms with van der Waals surface area (Å²) >= 11 is 0. The van der Waals surface area contributed by atoms with Crippen molar-refractivity contribution in [3.05, 3.63) is 0 Å². The number of ether oxygens (including phenoxy) is 1. The Morgan fingerprint density at radius 3 is 3.08 bits per heavy atom. The Morgan fingerprint density at radius 1 is 1.69 bits per heavy atom. The Bertz CT molecular complexity index is 173. The highest BCUT2D eigenvalue weighted by molar-refractivity contribution is 5.67. The Labute approximate surface area is 79.0 Å². The van der Waals surface area contributed by atoms with Crippen molar-refractivity contribution >= 4 is 6.09 Å². The van der Waals surface area contributed by atoms with Crippen LogP contribution in [0.5, 0.6) is 0 Å². The number of carbonyl (C=O) groups is 1. The minimum Gasteiger partial charge on any atom is -0.449 e. The molecule has 0 saturated carbocycles. The summed E-state index contributed by atoms with van der Waals surface area (Å²) in [5.74, 6) is 0. The molecule has 0 radical (unpaired) electrons. The van der Waals surface area contributed by atoms with E-state index < -0.39 is 0 Å². The maximum atomic E-state index is 11.4. The number of likely N-dealkylation sites (tertiary alicyclic amines) is 1. The van der Waals surface area contributed by atoms with Gasteiger partial charge in [0.25, 0.3) is 0 Å². The highest BCUT2D eigenvalue weighted by atomic mass is 16.6. The molecule has 0 aromatic rings. The van der Waals surface area contributed by atoms with Crippen LogP contribution in [-0.2, 0) is 4.74 Å². The van der Waals surface area contributed by atoms with Gasteiger partial charge >= 0.3 is 6.09 Å². The van der Waals surface area contributed by atoms with Gasteiger partial charge in [-0.1, -0.05) is 6.92 Å². The molecule has 0 aliphatic carbocycles. The molecule has 1 atom stereocenters. The van der Waals surface area contributed by atoms with E-state index in [-0.39, 0.29) is 12.1 Å². The number of hydrogen-bond donors (Lipinski definition) is 1. The van der Waals surface area contributed by atoms with Crippen molar-refractivity contribution in [1.29, 1.82) is 0 Å². The molecule has 4 nitrogen and oxygen atoms in total. The van der Waals surface area contributed by atoms with Crippen LogP contribution in [0.3, 0.4) is 0 Å². The molecular weight excluding hydrogens is 168 g/mol. The van der Waals surface area contributed by atoms with Crippen molar-refractivity contribution in [1.82, 2.24) is 4.90 Å². The number of rotatable bonds is 2. The van der Waals surface area contributed by atoms with Gasteiger partial charge in [0.15, 0.2) is 0 Å². The molecule has 0 unspecified atom stereocenters. The lowest BCUT2D eigenvalue weighted by molar-refractivity contribution is 0.0919. The molecule has 2 N–H and O–H groups in total. The third kappa shape index (κ3) is 3.22. The summed E-state index contributed by atoms with van der Waals surface area (Å²) in [6.07, 6.45) is 2.66. The zero-order valence-electron chi connectivity index (χ0n) is 8.16. The second-order valence-corrected chi connectivity index (χ2v) is 3.46. The lowest BCUT2D eigenvalue weighted by atomic mass is 10.1. The Kier molecular flexibility index (Phi) is 4.02. The highest BCUT2D eigenvalue weighted by Gasteiger charge is 2.21. The normalized spacial score (nSPS) is 22.9. The van der Waals surface area contributed by atoms with Crippen LogP contribution in [0, 0.1) is 0 Å². The van der Waals surface area contributed by atoms with Crippen molar-refractivity contribution in [2.75, 3.05) is 19.7 Å². The van der Waals surface area contributed by atoms with E-state index >= 15 is 0 Å². The molecule has 4 heteroatoms. The van der Waals surface area contributed by atoms with Crippen molar-refractivity contribution < 1.29 is 9.53 Å². The zero-order chi connectivity index (χ0) is 9.68. The number of amides is 1. The van der Waals surface area contributed by atoms with Crippen molar-refractivity contribution in [3.8, 4) is 0 Å². The predicted octanol–water partition coefficient (Wildman–Crippen LogP) is 0.956. The lowest BCUT2D eigenvalue weighted by Crippen LogP contribution is -2.45. The minimum absolute atomic E-state index is 0.128. The van der Waals surface area contributed by atoms with Gasteiger partial charge in [0.1, 0.15) is 0 Å². The molecule has 1 aliphatic rings. The van der Waals surface area contributed by atoms with E-state index in [0.717, 1.165) is 25.8 Å². The molecule has 0 bridgehead atoms. The molecule has 0 spiro atoms. The van der Waals surface area contributed by atoms with Crippen molar-refractivity contribution in [3.63, 3.8) is 0 Å². The first-order chi connectivity index (χ1) is 6.24. The second kappa shape index (κ2) is 5.07. The van der Waals surface area contributed by atoms with E-state index in [1.54, 1.807) is 4.90 Å². The fourth-order valence-corrected chi connectivity index (χ4v) is 1.46. The maximum Gasteiger partial charge on any atom is 0.409 e. The summed E-state index contributed by atoms with van der Waals surface area (Å²) in [5, 5.41) is 0. The standard InChI is InChI=1S/C9H18N2O2/c1-2-6-13-9(12)11-5-3-4-8(10)7-11/h8H,2-7,10H2,1H3/t8-/m1/s1. The van der Waals surface area contributed by atoms with Gasteiger partial charge in [-0.05, 0) is 19.3 Å². The summed E-state index contributed by atoms with van der Waals surface area (Å²) in [7, 11) is 0. The van der Waals surface area contributed by atoms with E-state index in [9.17, 15) is 4.79 Å². The van der Waals surface area contributed by atoms with Crippen LogP contribution < -0.4 is 5.73 Å². The highest BCUT2D eigenvalue weighted by Crippen LogP contribution is 2.09. The van der Waals surface area contributed by atoms with Gasteiger partial charge < -0.3 is 15.4 Å². The van der Waals surface area contributed by atoms with Gasteiger partial charge in [-0.3, -0.25) is 0 Å². The van der Waals surface area contributed by atoms with E-state index in [1.807, 2.05) is 6.92 Å². The molecule has 1 aliphatic heterocycles. The fraction of sp³-hybridized carbons (Fsp3) is 0.889. The van der Waals surface area contributed by atoms with Crippen LogP contribution >= 0.6 is 0 Å². The third-order valence-electron chi connectivity index (χ3n) is 2.15. The van der Waals surface area contributed by atoms with Gasteiger partial charge in [-0.15, -0.1) is 0 Å². The summed E-state index contributed by atoms with van der Waals surface area (Å²) in [6, 6.07) is 0.128. The summed E-state index contributed by atoms with van der Waals surface area (Å²) in [6.45, 7) is 3.92. The first-order valence-electron chi connectivity index (χ1n) is 4.91. The van der Waals surface area contributed by atoms with Crippen molar-refractivity contribution in [2.45, 2.75) is 32.2 Å². The molecule has 0 aromatic heterocycles. The first-order valence-corrected chi connectivity index (χ1v) is 4.91. The fourth-order valence-electron chi connectivity index (χ4n) is 1.46. The molecule has 1 fully saturated rings. The van der Waals surface area contributed by atoms with Crippen LogP contribution in [0.2, 0.25) is 0 Å². The van der Waals surface area contributed by atoms with Crippen LogP contribution in [0.15, 0.2) is 0 Å². The number of nitrogens with zero attached hydrogens (tertiary/aromatic N) is 1. The van der Waals surface area contributed by atoms with Gasteiger partial charge in [0, 0.05) is 19.1 Å². The maximum absolute atomic E-state index is 11.4. The number of hydrogen-bond acceptors (Lipinski definition) is 3. The van der Waals surface area contributed by atoms with Gasteiger partial charge in [-0.25, -0.2) is 4.79 Å². The molecule has 1 rings (SSSR count). The Hall–Kier alpha value is -0.770. The molecule has 1 heterocycles. The smallest absolute Gasteiger partial charge is 0.409 e. The lowest BCUT2D eigenvalue weighted by Gasteiger charge is -2.29. The van der Waals surface area contributed by atoms with Gasteiger partial charge in [0.05, 0.1) is 6.61 Å². The topological polar surface area (TPSA) is 55.6 Å². The monoisotopic (exact) mass is 186 g/mol. The second-order valence-electron chi connectivity index (χ2n) is 3.46. The van der Waals surface area contributed by atoms with Gasteiger partial charge in [0.2, 0.25) is 0 Å². The number of nitrogens with two attached hydrogens (primary N) is 1. The summed E-state index contributed by atoms with van der Waals surface area (Å²) in [5.41, 5.74) is 5.74. The van der Waals surface area contributed by atoms with Gasteiger partial charge in [-0.2, -0.15) is 0 Å². The molecular formula is C9H18N2O2. The molecule has 0 aromatic carbocycles. The molecule has 1 saturated heterocycles. The van der Waals surface area contributed by atoms with Crippen LogP contribution in [0.4, 0.5) is 4.79 Å². The Balaban J connectivity index is 2.28. The number of piperidine rings is 1. The predicted molar refractivity (Wildman–Crippen MR) is 50.4 cm³/mol. The summed E-state index contributed by atoms with van der Waals surface area (Å²) < 4.78 is 5.01. The van der Waals surface area contributed by atoms with E-state index in [1.165, 1.54) is 0 Å². The average molecular weight is 186 g/mol. The summed E-state index contributed by atoms with van der Waals surface area (Å²) in [4.78, 5) is 13.0. The molecule has 1 amide bonds.